The van der Waals surface area contributed by atoms with E-state index < -0.39 is 6.04 Å². The van der Waals surface area contributed by atoms with Crippen LogP contribution in [-0.4, -0.2) is 23.8 Å². The Morgan fingerprint density at radius 3 is 2.43 bits per heavy atom. The molecule has 1 unspecified atom stereocenters. The first-order chi connectivity index (χ1) is 16.4. The topological polar surface area (TPSA) is 74.9 Å². The molecule has 4 rings (SSSR count). The second-order valence-corrected chi connectivity index (χ2v) is 11.4. The summed E-state index contributed by atoms with van der Waals surface area (Å²) in [6.45, 7) is 14.9. The van der Waals surface area contributed by atoms with E-state index in [0.29, 0.717) is 22.4 Å². The van der Waals surface area contributed by atoms with Crippen LogP contribution in [-0.2, 0) is 4.79 Å². The molecule has 2 aromatic carbocycles. The highest BCUT2D eigenvalue weighted by atomic mass is 16.3. The van der Waals surface area contributed by atoms with Crippen LogP contribution in [0.15, 0.2) is 62.9 Å². The van der Waals surface area contributed by atoms with E-state index in [1.165, 1.54) is 6.26 Å². The average molecular weight is 474 g/mol. The smallest absolute Gasteiger partial charge is 0.249 e. The van der Waals surface area contributed by atoms with Gasteiger partial charge < -0.3 is 9.73 Å². The van der Waals surface area contributed by atoms with Gasteiger partial charge >= 0.3 is 0 Å². The largest absolute Gasteiger partial charge is 0.464 e. The van der Waals surface area contributed by atoms with E-state index in [1.54, 1.807) is 17.0 Å². The normalized spacial score (nSPS) is 17.0. The lowest BCUT2D eigenvalue weighted by Crippen LogP contribution is -2.55. The third kappa shape index (κ3) is 5.16. The molecule has 1 aromatic heterocycles. The van der Waals surface area contributed by atoms with E-state index in [9.17, 15) is 9.59 Å². The number of amidine groups is 1. The summed E-state index contributed by atoms with van der Waals surface area (Å²) in [5, 5.41) is 4.08. The van der Waals surface area contributed by atoms with E-state index in [1.807, 2.05) is 44.2 Å². The summed E-state index contributed by atoms with van der Waals surface area (Å²) in [6, 6.07) is 12.4. The highest BCUT2D eigenvalue weighted by Crippen LogP contribution is 2.34. The molecule has 35 heavy (non-hydrogen) atoms. The average Bonchev–Trinajstić information content (AvgIpc) is 2.76. The summed E-state index contributed by atoms with van der Waals surface area (Å²) >= 11 is 0. The number of aryl methyl sites for hydroxylation is 2. The molecule has 0 aliphatic carbocycles. The summed E-state index contributed by atoms with van der Waals surface area (Å²) in [5.41, 5.74) is 3.44. The molecule has 1 atom stereocenters. The van der Waals surface area contributed by atoms with Crippen LogP contribution < -0.4 is 15.6 Å². The number of carbonyl (C=O) groups excluding carboxylic acids is 1. The zero-order valence-corrected chi connectivity index (χ0v) is 21.7. The Hall–Kier alpha value is -3.41. The number of carbonyl (C=O) groups is 1. The van der Waals surface area contributed by atoms with Gasteiger partial charge in [0.2, 0.25) is 5.91 Å². The number of hydrogen-bond donors (Lipinski definition) is 1. The van der Waals surface area contributed by atoms with Crippen molar-refractivity contribution in [3.05, 3.63) is 75.6 Å². The Kier molecular flexibility index (Phi) is 6.34. The van der Waals surface area contributed by atoms with Crippen LogP contribution in [0.1, 0.15) is 63.8 Å². The second-order valence-electron chi connectivity index (χ2n) is 11.4. The standard InChI is InChI=1S/C29H35N3O3/c1-18-12-13-20(14-19(18)2)32-24(33)15-30-27(31-29(6,7)17-28(3,4)5)25(32)22-16-35-23-11-9-8-10-21(23)26(22)34/h8-14,16,25H,15,17H2,1-7H3,(H,30,31). The summed E-state index contributed by atoms with van der Waals surface area (Å²) < 4.78 is 5.88. The van der Waals surface area contributed by atoms with Gasteiger partial charge in [0, 0.05) is 11.2 Å². The van der Waals surface area contributed by atoms with Gasteiger partial charge in [-0.15, -0.1) is 0 Å². The molecule has 1 aliphatic heterocycles. The number of hydrogen-bond acceptors (Lipinski definition) is 5. The van der Waals surface area contributed by atoms with Gasteiger partial charge in [0.1, 0.15) is 30.3 Å². The molecular weight excluding hydrogens is 438 g/mol. The molecule has 184 valence electrons. The van der Waals surface area contributed by atoms with Crippen molar-refractivity contribution in [1.29, 1.82) is 0 Å². The van der Waals surface area contributed by atoms with Crippen LogP contribution in [0, 0.1) is 19.3 Å². The first-order valence-electron chi connectivity index (χ1n) is 12.1. The van der Waals surface area contributed by atoms with Gasteiger partial charge in [-0.3, -0.25) is 19.5 Å². The van der Waals surface area contributed by atoms with Crippen molar-refractivity contribution < 1.29 is 9.21 Å². The molecule has 0 bridgehead atoms. The van der Waals surface area contributed by atoms with Crippen molar-refractivity contribution >= 4 is 28.4 Å². The van der Waals surface area contributed by atoms with Gasteiger partial charge in [-0.25, -0.2) is 0 Å². The summed E-state index contributed by atoms with van der Waals surface area (Å²) in [7, 11) is 0. The fraction of sp³-hybridized carbons (Fsp3) is 0.414. The highest BCUT2D eigenvalue weighted by molar-refractivity contribution is 6.08. The first-order valence-corrected chi connectivity index (χ1v) is 12.1. The molecule has 6 nitrogen and oxygen atoms in total. The fourth-order valence-electron chi connectivity index (χ4n) is 5.14. The molecule has 1 N–H and O–H groups in total. The summed E-state index contributed by atoms with van der Waals surface area (Å²) in [5.74, 6) is 0.435. The minimum atomic E-state index is -0.724. The lowest BCUT2D eigenvalue weighted by Gasteiger charge is -2.41. The van der Waals surface area contributed by atoms with Crippen LogP contribution in [0.4, 0.5) is 5.69 Å². The number of nitrogens with one attached hydrogen (secondary N) is 1. The van der Waals surface area contributed by atoms with E-state index in [4.69, 9.17) is 4.42 Å². The lowest BCUT2D eigenvalue weighted by molar-refractivity contribution is -0.117. The van der Waals surface area contributed by atoms with Crippen LogP contribution >= 0.6 is 0 Å². The number of anilines is 1. The monoisotopic (exact) mass is 473 g/mol. The van der Waals surface area contributed by atoms with Gasteiger partial charge in [0.05, 0.1) is 10.9 Å². The van der Waals surface area contributed by atoms with Gasteiger partial charge in [-0.05, 0) is 74.9 Å². The number of benzene rings is 2. The Morgan fingerprint density at radius 1 is 1.03 bits per heavy atom. The highest BCUT2D eigenvalue weighted by Gasteiger charge is 2.39. The molecule has 1 aliphatic rings. The number of rotatable bonds is 4. The lowest BCUT2D eigenvalue weighted by atomic mass is 9.81. The fourth-order valence-corrected chi connectivity index (χ4v) is 5.14. The Bertz CT molecular complexity index is 1360. The third-order valence-corrected chi connectivity index (χ3v) is 6.38. The molecular formula is C29H35N3O3. The minimum Gasteiger partial charge on any atom is -0.464 e. The van der Waals surface area contributed by atoms with Crippen molar-refractivity contribution in [2.75, 3.05) is 11.4 Å². The maximum absolute atomic E-state index is 13.7. The molecule has 0 radical (unpaired) electrons. The van der Waals surface area contributed by atoms with Crippen molar-refractivity contribution in [3.63, 3.8) is 0 Å². The maximum atomic E-state index is 13.7. The van der Waals surface area contributed by atoms with E-state index in [0.717, 1.165) is 23.2 Å². The van der Waals surface area contributed by atoms with Gasteiger partial charge in [0.25, 0.3) is 0 Å². The van der Waals surface area contributed by atoms with Crippen molar-refractivity contribution in [1.82, 2.24) is 5.32 Å². The Morgan fingerprint density at radius 2 is 1.74 bits per heavy atom. The van der Waals surface area contributed by atoms with Crippen molar-refractivity contribution in [3.8, 4) is 0 Å². The number of amides is 1. The summed E-state index contributed by atoms with van der Waals surface area (Å²) in [6.07, 6.45) is 2.35. The van der Waals surface area contributed by atoms with Gasteiger partial charge in [0.15, 0.2) is 5.43 Å². The molecule has 2 heterocycles. The maximum Gasteiger partial charge on any atom is 0.249 e. The Labute approximate surface area is 207 Å². The van der Waals surface area contributed by atoms with Crippen molar-refractivity contribution in [2.24, 2.45) is 10.4 Å². The molecule has 0 saturated carbocycles. The van der Waals surface area contributed by atoms with Crippen LogP contribution in [0.3, 0.4) is 0 Å². The summed E-state index contributed by atoms with van der Waals surface area (Å²) in [4.78, 5) is 33.4. The predicted octanol–water partition coefficient (Wildman–Crippen LogP) is 5.70. The van der Waals surface area contributed by atoms with Crippen LogP contribution in [0.2, 0.25) is 0 Å². The van der Waals surface area contributed by atoms with E-state index in [-0.39, 0.29) is 28.8 Å². The van der Waals surface area contributed by atoms with Crippen molar-refractivity contribution in [2.45, 2.75) is 66.5 Å². The van der Waals surface area contributed by atoms with Gasteiger partial charge in [-0.2, -0.15) is 0 Å². The second kappa shape index (κ2) is 8.99. The van der Waals surface area contributed by atoms with Crippen LogP contribution in [0.5, 0.6) is 0 Å². The molecule has 6 heteroatoms. The number of nitrogens with zero attached hydrogens (tertiary/aromatic N) is 2. The molecule has 3 aromatic rings. The number of fused-ring (bicyclic) bond motifs is 1. The third-order valence-electron chi connectivity index (χ3n) is 6.38. The zero-order chi connectivity index (χ0) is 25.5. The molecule has 0 fully saturated rings. The predicted molar refractivity (Wildman–Crippen MR) is 142 cm³/mol. The first kappa shape index (κ1) is 24.7. The SMILES string of the molecule is Cc1ccc(N2C(=O)CN=C(NC(C)(C)CC(C)(C)C)C2c2coc3ccccc3c2=O)cc1C. The zero-order valence-electron chi connectivity index (χ0n) is 21.7. The van der Waals surface area contributed by atoms with Gasteiger partial charge in [-0.1, -0.05) is 39.0 Å². The quantitative estimate of drug-likeness (QED) is 0.527. The van der Waals surface area contributed by atoms with E-state index in [2.05, 4.69) is 44.9 Å². The van der Waals surface area contributed by atoms with E-state index >= 15 is 0 Å². The number of para-hydroxylation sites is 1. The molecule has 0 saturated heterocycles. The Balaban J connectivity index is 1.89. The van der Waals surface area contributed by atoms with Crippen LogP contribution in [0.25, 0.3) is 11.0 Å². The minimum absolute atomic E-state index is 0.0102. The molecule has 0 spiro atoms. The number of aliphatic imine (C=N–C) groups is 1. The molecule has 1 amide bonds.